The van der Waals surface area contributed by atoms with E-state index < -0.39 is 0 Å². The molecule has 72 valence electrons. The summed E-state index contributed by atoms with van der Waals surface area (Å²) in [7, 11) is 0. The molecule has 1 aromatic heterocycles. The van der Waals surface area contributed by atoms with Gasteiger partial charge >= 0.3 is 0 Å². The Balaban J connectivity index is 2.63. The number of hydrogen-bond donors (Lipinski definition) is 0. The van der Waals surface area contributed by atoms with Gasteiger partial charge in [0.2, 0.25) is 0 Å². The highest BCUT2D eigenvalue weighted by Gasteiger charge is 2.03. The van der Waals surface area contributed by atoms with Crippen LogP contribution < -0.4 is 0 Å². The molecule has 3 heteroatoms. The van der Waals surface area contributed by atoms with E-state index in [1.165, 1.54) is 0 Å². The van der Waals surface area contributed by atoms with E-state index in [2.05, 4.69) is 18.9 Å². The second kappa shape index (κ2) is 4.21. The quantitative estimate of drug-likeness (QED) is 0.665. The van der Waals surface area contributed by atoms with E-state index in [4.69, 9.17) is 0 Å². The predicted molar refractivity (Wildman–Crippen MR) is 51.8 cm³/mol. The molecule has 3 nitrogen and oxygen atoms in total. The first-order chi connectivity index (χ1) is 6.13. The van der Waals surface area contributed by atoms with Gasteiger partial charge in [0.25, 0.3) is 0 Å². The molecule has 0 spiro atoms. The van der Waals surface area contributed by atoms with Crippen molar-refractivity contribution in [3.8, 4) is 0 Å². The second-order valence-corrected chi connectivity index (χ2v) is 3.73. The zero-order chi connectivity index (χ0) is 9.84. The van der Waals surface area contributed by atoms with E-state index in [0.29, 0.717) is 11.5 Å². The predicted octanol–water partition coefficient (Wildman–Crippen LogP) is 2.05. The fourth-order valence-corrected chi connectivity index (χ4v) is 1.15. The smallest absolute Gasteiger partial charge is 0.153 e. The van der Waals surface area contributed by atoms with E-state index in [0.717, 1.165) is 24.9 Å². The van der Waals surface area contributed by atoms with Gasteiger partial charge < -0.3 is 0 Å². The molecule has 0 amide bonds. The molecule has 0 aromatic carbocycles. The maximum absolute atomic E-state index is 10.5. The molecule has 0 aliphatic heterocycles. The summed E-state index contributed by atoms with van der Waals surface area (Å²) in [6.45, 7) is 7.11. The summed E-state index contributed by atoms with van der Waals surface area (Å²) < 4.78 is 1.85. The fraction of sp³-hybridized carbons (Fsp3) is 0.600. The van der Waals surface area contributed by atoms with E-state index in [9.17, 15) is 4.79 Å². The Morgan fingerprint density at radius 1 is 1.62 bits per heavy atom. The number of aryl methyl sites for hydroxylation is 2. The number of nitrogens with zero attached hydrogens (tertiary/aromatic N) is 2. The molecule has 1 heterocycles. The van der Waals surface area contributed by atoms with Crippen molar-refractivity contribution in [3.05, 3.63) is 17.5 Å². The molecular formula is C10H16N2O. The van der Waals surface area contributed by atoms with Crippen molar-refractivity contribution < 1.29 is 4.79 Å². The summed E-state index contributed by atoms with van der Waals surface area (Å²) in [5.74, 6) is 0.671. The first-order valence-electron chi connectivity index (χ1n) is 4.62. The molecule has 0 unspecified atom stereocenters. The van der Waals surface area contributed by atoms with Crippen LogP contribution in [0.4, 0.5) is 0 Å². The molecule has 13 heavy (non-hydrogen) atoms. The van der Waals surface area contributed by atoms with Crippen LogP contribution in [-0.4, -0.2) is 16.1 Å². The highest BCUT2D eigenvalue weighted by atomic mass is 16.1. The number of rotatable bonds is 4. The Bertz CT molecular complexity index is 289. The summed E-state index contributed by atoms with van der Waals surface area (Å²) >= 11 is 0. The lowest BCUT2D eigenvalue weighted by molar-refractivity contribution is 0.112. The van der Waals surface area contributed by atoms with Gasteiger partial charge in [0.05, 0.1) is 11.3 Å². The number of carbonyl (C=O) groups excluding carboxylic acids is 1. The highest BCUT2D eigenvalue weighted by Crippen LogP contribution is 2.06. The summed E-state index contributed by atoms with van der Waals surface area (Å²) in [6.07, 6.45) is 3.76. The summed E-state index contributed by atoms with van der Waals surface area (Å²) in [5, 5.41) is 4.24. The van der Waals surface area contributed by atoms with E-state index in [-0.39, 0.29) is 0 Å². The van der Waals surface area contributed by atoms with Gasteiger partial charge in [0.1, 0.15) is 0 Å². The van der Waals surface area contributed by atoms with Crippen molar-refractivity contribution >= 4 is 6.29 Å². The molecule has 0 aliphatic carbocycles. The number of hydrogen-bond acceptors (Lipinski definition) is 2. The largest absolute Gasteiger partial charge is 0.298 e. The van der Waals surface area contributed by atoms with E-state index in [1.54, 1.807) is 0 Å². The Hall–Kier alpha value is -1.12. The maximum Gasteiger partial charge on any atom is 0.153 e. The van der Waals surface area contributed by atoms with E-state index >= 15 is 0 Å². The van der Waals surface area contributed by atoms with Gasteiger partial charge in [0, 0.05) is 12.7 Å². The van der Waals surface area contributed by atoms with Crippen molar-refractivity contribution in [3.63, 3.8) is 0 Å². The van der Waals surface area contributed by atoms with Crippen LogP contribution in [0.5, 0.6) is 0 Å². The van der Waals surface area contributed by atoms with Gasteiger partial charge in [0.15, 0.2) is 6.29 Å². The summed E-state index contributed by atoms with van der Waals surface area (Å²) in [5.41, 5.74) is 1.52. The normalized spacial score (nSPS) is 10.8. The number of aldehydes is 1. The van der Waals surface area contributed by atoms with Gasteiger partial charge in [-0.2, -0.15) is 5.10 Å². The Labute approximate surface area is 78.8 Å². The van der Waals surface area contributed by atoms with Crippen molar-refractivity contribution in [1.82, 2.24) is 9.78 Å². The van der Waals surface area contributed by atoms with Gasteiger partial charge in [-0.05, 0) is 19.3 Å². The van der Waals surface area contributed by atoms with Crippen LogP contribution in [0.25, 0.3) is 0 Å². The summed E-state index contributed by atoms with van der Waals surface area (Å²) in [6, 6.07) is 0. The molecule has 0 bridgehead atoms. The van der Waals surface area contributed by atoms with Crippen LogP contribution in [0, 0.1) is 12.8 Å². The molecule has 0 saturated carbocycles. The van der Waals surface area contributed by atoms with Crippen LogP contribution in [0.1, 0.15) is 36.3 Å². The second-order valence-electron chi connectivity index (χ2n) is 3.73. The maximum atomic E-state index is 10.5. The zero-order valence-corrected chi connectivity index (χ0v) is 8.45. The molecule has 0 radical (unpaired) electrons. The zero-order valence-electron chi connectivity index (χ0n) is 8.45. The lowest BCUT2D eigenvalue weighted by atomic mass is 10.1. The van der Waals surface area contributed by atoms with Crippen molar-refractivity contribution in [1.29, 1.82) is 0 Å². The molecule has 0 fully saturated rings. The average Bonchev–Trinajstić information content (AvgIpc) is 2.43. The Morgan fingerprint density at radius 2 is 2.31 bits per heavy atom. The third kappa shape index (κ3) is 2.68. The lowest BCUT2D eigenvalue weighted by Gasteiger charge is -2.03. The lowest BCUT2D eigenvalue weighted by Crippen LogP contribution is -2.01. The third-order valence-electron chi connectivity index (χ3n) is 2.05. The first kappa shape index (κ1) is 9.96. The minimum atomic E-state index is 0.671. The highest BCUT2D eigenvalue weighted by molar-refractivity contribution is 5.75. The van der Waals surface area contributed by atoms with Crippen LogP contribution in [-0.2, 0) is 6.54 Å². The van der Waals surface area contributed by atoms with Gasteiger partial charge in [-0.25, -0.2) is 0 Å². The van der Waals surface area contributed by atoms with Crippen molar-refractivity contribution in [2.75, 3.05) is 0 Å². The minimum absolute atomic E-state index is 0.671. The fourth-order valence-electron chi connectivity index (χ4n) is 1.15. The molecular weight excluding hydrogens is 164 g/mol. The molecule has 0 aliphatic rings. The third-order valence-corrected chi connectivity index (χ3v) is 2.05. The minimum Gasteiger partial charge on any atom is -0.298 e. The van der Waals surface area contributed by atoms with Crippen molar-refractivity contribution in [2.24, 2.45) is 5.92 Å². The van der Waals surface area contributed by atoms with Gasteiger partial charge in [-0.15, -0.1) is 0 Å². The summed E-state index contributed by atoms with van der Waals surface area (Å²) in [4.78, 5) is 10.5. The topological polar surface area (TPSA) is 34.9 Å². The Morgan fingerprint density at radius 3 is 2.77 bits per heavy atom. The van der Waals surface area contributed by atoms with Gasteiger partial charge in [-0.3, -0.25) is 9.48 Å². The van der Waals surface area contributed by atoms with Crippen LogP contribution in [0.2, 0.25) is 0 Å². The molecule has 0 N–H and O–H groups in total. The van der Waals surface area contributed by atoms with Crippen LogP contribution >= 0.6 is 0 Å². The molecule has 0 atom stereocenters. The molecule has 1 aromatic rings. The average molecular weight is 180 g/mol. The van der Waals surface area contributed by atoms with Crippen LogP contribution in [0.15, 0.2) is 6.20 Å². The number of carbonyl (C=O) groups is 1. The van der Waals surface area contributed by atoms with Crippen molar-refractivity contribution in [2.45, 2.75) is 33.7 Å². The Kier molecular flexibility index (Phi) is 3.23. The number of aromatic nitrogens is 2. The molecule has 1 rings (SSSR count). The van der Waals surface area contributed by atoms with E-state index in [1.807, 2.05) is 17.8 Å². The monoisotopic (exact) mass is 180 g/mol. The SMILES string of the molecule is Cc1nn(CCC(C)C)cc1C=O. The standard InChI is InChI=1S/C10H16N2O/c1-8(2)4-5-12-6-10(7-13)9(3)11-12/h6-8H,4-5H2,1-3H3. The molecule has 0 saturated heterocycles. The first-order valence-corrected chi connectivity index (χ1v) is 4.62. The van der Waals surface area contributed by atoms with Gasteiger partial charge in [-0.1, -0.05) is 13.8 Å². The van der Waals surface area contributed by atoms with Crippen LogP contribution in [0.3, 0.4) is 0 Å².